The van der Waals surface area contributed by atoms with Crippen LogP contribution in [-0.2, 0) is 11.2 Å². The summed E-state index contributed by atoms with van der Waals surface area (Å²) in [7, 11) is 0. The van der Waals surface area contributed by atoms with Gasteiger partial charge in [-0.05, 0) is 50.4 Å². The van der Waals surface area contributed by atoms with Crippen LogP contribution in [0.5, 0.6) is 0 Å². The summed E-state index contributed by atoms with van der Waals surface area (Å²) in [6.07, 6.45) is 7.26. The van der Waals surface area contributed by atoms with Crippen LogP contribution in [-0.4, -0.2) is 22.9 Å². The topological polar surface area (TPSA) is 42.0 Å². The summed E-state index contributed by atoms with van der Waals surface area (Å²) in [5.41, 5.74) is 0.732. The van der Waals surface area contributed by atoms with Crippen molar-refractivity contribution in [3.8, 4) is 0 Å². The molecule has 1 aromatic heterocycles. The van der Waals surface area contributed by atoms with Crippen molar-refractivity contribution in [1.29, 1.82) is 0 Å². The zero-order chi connectivity index (χ0) is 11.4. The van der Waals surface area contributed by atoms with Gasteiger partial charge >= 0.3 is 0 Å². The molecule has 0 radical (unpaired) electrons. The van der Waals surface area contributed by atoms with Crippen molar-refractivity contribution < 1.29 is 4.79 Å². The number of Topliss-reactive ketones (excluding diaryl/α,β-unsaturated/α-hetero) is 1. The van der Waals surface area contributed by atoms with Gasteiger partial charge in [-0.2, -0.15) is 0 Å². The third kappa shape index (κ3) is 2.47. The smallest absolute Gasteiger partial charge is 0.156 e. The molecule has 0 aliphatic carbocycles. The van der Waals surface area contributed by atoms with Crippen LogP contribution in [0.3, 0.4) is 0 Å². The number of carbonyl (C=O) groups is 1. The monoisotopic (exact) mass is 218 g/mol. The van der Waals surface area contributed by atoms with Gasteiger partial charge in [-0.15, -0.1) is 0 Å². The van der Waals surface area contributed by atoms with E-state index in [0.29, 0.717) is 12.2 Å². The molecule has 0 bridgehead atoms. The first kappa shape index (κ1) is 11.3. The molecule has 1 atom stereocenters. The largest absolute Gasteiger partial charge is 0.305 e. The van der Waals surface area contributed by atoms with Gasteiger partial charge in [-0.3, -0.25) is 9.78 Å². The van der Waals surface area contributed by atoms with Crippen molar-refractivity contribution in [1.82, 2.24) is 10.3 Å². The molecule has 16 heavy (non-hydrogen) atoms. The Balaban J connectivity index is 2.02. The van der Waals surface area contributed by atoms with Crippen LogP contribution in [0.25, 0.3) is 0 Å². The lowest BCUT2D eigenvalue weighted by molar-refractivity contribution is -0.125. The highest BCUT2D eigenvalue weighted by Crippen LogP contribution is 2.21. The summed E-state index contributed by atoms with van der Waals surface area (Å²) in [6, 6.07) is 3.81. The number of ketones is 1. The fourth-order valence-corrected chi connectivity index (χ4v) is 2.18. The number of nitrogens with one attached hydrogen (secondary N) is 1. The van der Waals surface area contributed by atoms with E-state index in [1.54, 1.807) is 12.4 Å². The van der Waals surface area contributed by atoms with Gasteiger partial charge in [0.05, 0.1) is 5.54 Å². The Hall–Kier alpha value is -1.22. The summed E-state index contributed by atoms with van der Waals surface area (Å²) >= 11 is 0. The van der Waals surface area contributed by atoms with Gasteiger partial charge in [-0.1, -0.05) is 0 Å². The number of piperidine rings is 1. The molecule has 2 rings (SSSR count). The molecule has 2 heterocycles. The zero-order valence-electron chi connectivity index (χ0n) is 9.70. The van der Waals surface area contributed by atoms with E-state index in [2.05, 4.69) is 10.3 Å². The van der Waals surface area contributed by atoms with Crippen LogP contribution in [0.2, 0.25) is 0 Å². The molecule has 0 saturated carbocycles. The van der Waals surface area contributed by atoms with Crippen LogP contribution in [0, 0.1) is 0 Å². The lowest BCUT2D eigenvalue weighted by atomic mass is 9.84. The predicted molar refractivity (Wildman–Crippen MR) is 63.2 cm³/mol. The average Bonchev–Trinajstić information content (AvgIpc) is 2.31. The van der Waals surface area contributed by atoms with Crippen molar-refractivity contribution in [2.75, 3.05) is 6.54 Å². The number of pyridine rings is 1. The summed E-state index contributed by atoms with van der Waals surface area (Å²) in [6.45, 7) is 2.98. The number of rotatable bonds is 3. The molecule has 1 N–H and O–H groups in total. The predicted octanol–water partition coefficient (Wildman–Crippen LogP) is 1.73. The highest BCUT2D eigenvalue weighted by Gasteiger charge is 2.33. The van der Waals surface area contributed by atoms with Crippen molar-refractivity contribution >= 4 is 5.78 Å². The maximum Gasteiger partial charge on any atom is 0.156 e. The van der Waals surface area contributed by atoms with Crippen molar-refractivity contribution in [2.24, 2.45) is 0 Å². The Morgan fingerprint density at radius 3 is 2.81 bits per heavy atom. The van der Waals surface area contributed by atoms with Gasteiger partial charge in [0.2, 0.25) is 0 Å². The minimum Gasteiger partial charge on any atom is -0.305 e. The molecule has 3 nitrogen and oxygen atoms in total. The quantitative estimate of drug-likeness (QED) is 0.840. The molecule has 0 amide bonds. The third-order valence-corrected chi connectivity index (χ3v) is 3.35. The highest BCUT2D eigenvalue weighted by atomic mass is 16.1. The summed E-state index contributed by atoms with van der Waals surface area (Å²) in [5, 5.41) is 3.35. The first-order valence-corrected chi connectivity index (χ1v) is 5.88. The Morgan fingerprint density at radius 1 is 1.44 bits per heavy atom. The lowest BCUT2D eigenvalue weighted by Crippen LogP contribution is -2.52. The number of aromatic nitrogens is 1. The molecule has 1 saturated heterocycles. The first-order valence-electron chi connectivity index (χ1n) is 5.88. The lowest BCUT2D eigenvalue weighted by Gasteiger charge is -2.33. The maximum atomic E-state index is 12.2. The second kappa shape index (κ2) is 4.74. The molecule has 1 aliphatic heterocycles. The van der Waals surface area contributed by atoms with Crippen LogP contribution in [0.15, 0.2) is 24.5 Å². The van der Waals surface area contributed by atoms with E-state index in [1.807, 2.05) is 19.1 Å². The number of hydrogen-bond acceptors (Lipinski definition) is 3. The molecular formula is C13H18N2O. The molecule has 0 spiro atoms. The second-order valence-electron chi connectivity index (χ2n) is 4.67. The summed E-state index contributed by atoms with van der Waals surface area (Å²) < 4.78 is 0. The minimum absolute atomic E-state index is 0.290. The van der Waals surface area contributed by atoms with E-state index in [9.17, 15) is 4.79 Å². The Bertz CT molecular complexity index is 355. The van der Waals surface area contributed by atoms with Gasteiger partial charge in [0.15, 0.2) is 5.78 Å². The van der Waals surface area contributed by atoms with Gasteiger partial charge < -0.3 is 5.32 Å². The molecule has 3 heteroatoms. The van der Waals surface area contributed by atoms with Gasteiger partial charge in [0.25, 0.3) is 0 Å². The van der Waals surface area contributed by atoms with Crippen molar-refractivity contribution in [2.45, 2.75) is 38.1 Å². The van der Waals surface area contributed by atoms with Crippen LogP contribution < -0.4 is 5.32 Å². The molecule has 1 aliphatic rings. The second-order valence-corrected chi connectivity index (χ2v) is 4.67. The van der Waals surface area contributed by atoms with E-state index in [4.69, 9.17) is 0 Å². The van der Waals surface area contributed by atoms with Crippen molar-refractivity contribution in [3.05, 3.63) is 30.1 Å². The summed E-state index contributed by atoms with van der Waals surface area (Å²) in [4.78, 5) is 16.2. The van der Waals surface area contributed by atoms with E-state index in [-0.39, 0.29) is 5.54 Å². The van der Waals surface area contributed by atoms with E-state index >= 15 is 0 Å². The number of hydrogen-bond donors (Lipinski definition) is 1. The normalized spacial score (nSPS) is 25.3. The molecular weight excluding hydrogens is 200 g/mol. The zero-order valence-corrected chi connectivity index (χ0v) is 9.70. The molecule has 0 aromatic carbocycles. The highest BCUT2D eigenvalue weighted by molar-refractivity contribution is 5.89. The Labute approximate surface area is 96.3 Å². The van der Waals surface area contributed by atoms with Crippen LogP contribution >= 0.6 is 0 Å². The first-order chi connectivity index (χ1) is 7.71. The van der Waals surface area contributed by atoms with E-state index in [1.165, 1.54) is 6.42 Å². The molecule has 1 unspecified atom stereocenters. The van der Waals surface area contributed by atoms with Gasteiger partial charge in [0.1, 0.15) is 0 Å². The summed E-state index contributed by atoms with van der Waals surface area (Å²) in [5.74, 6) is 0.290. The van der Waals surface area contributed by atoms with Crippen LogP contribution in [0.4, 0.5) is 0 Å². The number of carbonyl (C=O) groups excluding carboxylic acids is 1. The van der Waals surface area contributed by atoms with E-state index < -0.39 is 0 Å². The van der Waals surface area contributed by atoms with Crippen molar-refractivity contribution in [3.63, 3.8) is 0 Å². The van der Waals surface area contributed by atoms with Gasteiger partial charge in [0, 0.05) is 18.8 Å². The molecule has 1 fully saturated rings. The fraction of sp³-hybridized carbons (Fsp3) is 0.538. The third-order valence-electron chi connectivity index (χ3n) is 3.35. The average molecular weight is 218 g/mol. The Morgan fingerprint density at radius 2 is 2.19 bits per heavy atom. The fourth-order valence-electron chi connectivity index (χ4n) is 2.18. The van der Waals surface area contributed by atoms with Gasteiger partial charge in [-0.25, -0.2) is 0 Å². The van der Waals surface area contributed by atoms with E-state index in [0.717, 1.165) is 24.9 Å². The molecule has 1 aromatic rings. The minimum atomic E-state index is -0.318. The van der Waals surface area contributed by atoms with Crippen LogP contribution in [0.1, 0.15) is 31.7 Å². The maximum absolute atomic E-state index is 12.2. The standard InChI is InChI=1S/C13H18N2O/c1-13(6-2-3-7-15-13)12(16)10-11-4-8-14-9-5-11/h4-5,8-9,15H,2-3,6-7,10H2,1H3. The Kier molecular flexibility index (Phi) is 3.34. The number of nitrogens with zero attached hydrogens (tertiary/aromatic N) is 1. The molecule has 86 valence electrons. The SMILES string of the molecule is CC1(C(=O)Cc2ccncc2)CCCCN1.